The van der Waals surface area contributed by atoms with Crippen molar-refractivity contribution < 1.29 is 19.4 Å². The van der Waals surface area contributed by atoms with Gasteiger partial charge in [-0.1, -0.05) is 0 Å². The lowest BCUT2D eigenvalue weighted by Gasteiger charge is -2.36. The van der Waals surface area contributed by atoms with Gasteiger partial charge in [0, 0.05) is 17.6 Å². The summed E-state index contributed by atoms with van der Waals surface area (Å²) in [5.74, 6) is -1.07. The molecule has 3 atom stereocenters. The molecular formula is C15H20N2O4S. The molecule has 2 fully saturated rings. The summed E-state index contributed by atoms with van der Waals surface area (Å²) < 4.78 is 5.42. The Hall–Kier alpha value is -1.47. The van der Waals surface area contributed by atoms with E-state index in [1.54, 1.807) is 11.3 Å². The van der Waals surface area contributed by atoms with Crippen LogP contribution in [0.15, 0.2) is 5.38 Å². The van der Waals surface area contributed by atoms with Crippen molar-refractivity contribution in [2.75, 3.05) is 6.54 Å². The van der Waals surface area contributed by atoms with Gasteiger partial charge >= 0.3 is 5.97 Å². The number of likely N-dealkylation sites (tertiary alicyclic amines) is 1. The molecule has 0 spiro atoms. The Labute approximate surface area is 133 Å². The maximum atomic E-state index is 12.7. The van der Waals surface area contributed by atoms with Crippen molar-refractivity contribution in [1.82, 2.24) is 9.88 Å². The molecule has 0 radical (unpaired) electrons. The Morgan fingerprint density at radius 1 is 1.32 bits per heavy atom. The summed E-state index contributed by atoms with van der Waals surface area (Å²) in [4.78, 5) is 30.1. The third-order valence-corrected chi connectivity index (χ3v) is 5.34. The maximum Gasteiger partial charge on any atom is 0.332 e. The summed E-state index contributed by atoms with van der Waals surface area (Å²) in [5, 5.41) is 12.0. The fourth-order valence-corrected chi connectivity index (χ4v) is 4.11. The van der Waals surface area contributed by atoms with Crippen LogP contribution in [0.3, 0.4) is 0 Å². The Balaban J connectivity index is 1.73. The first-order valence-corrected chi connectivity index (χ1v) is 8.55. The molecule has 0 saturated carbocycles. The number of carboxylic acids is 1. The zero-order valence-corrected chi connectivity index (χ0v) is 13.3. The molecule has 7 heteroatoms. The van der Waals surface area contributed by atoms with Gasteiger partial charge in [-0.25, -0.2) is 9.78 Å². The molecule has 1 aromatic heterocycles. The second-order valence-corrected chi connectivity index (χ2v) is 6.79. The van der Waals surface area contributed by atoms with Crippen LogP contribution in [0.25, 0.3) is 0 Å². The molecule has 2 aliphatic heterocycles. The molecule has 6 nitrogen and oxygen atoms in total. The molecule has 0 bridgehead atoms. The van der Waals surface area contributed by atoms with E-state index >= 15 is 0 Å². The van der Waals surface area contributed by atoms with Gasteiger partial charge in [-0.15, -0.1) is 11.3 Å². The third kappa shape index (κ3) is 3.01. The average Bonchev–Trinajstić information content (AvgIpc) is 3.15. The number of nitrogens with zero attached hydrogens (tertiary/aromatic N) is 2. The first-order chi connectivity index (χ1) is 10.6. The summed E-state index contributed by atoms with van der Waals surface area (Å²) in [6.45, 7) is 2.65. The van der Waals surface area contributed by atoms with Crippen LogP contribution in [0.4, 0.5) is 0 Å². The van der Waals surface area contributed by atoms with Gasteiger partial charge in [-0.05, 0) is 39.0 Å². The van der Waals surface area contributed by atoms with Crippen molar-refractivity contribution >= 4 is 23.2 Å². The van der Waals surface area contributed by atoms with Crippen molar-refractivity contribution in [3.8, 4) is 0 Å². The largest absolute Gasteiger partial charge is 0.479 e. The Morgan fingerprint density at radius 3 is 2.73 bits per heavy atom. The van der Waals surface area contributed by atoms with Crippen molar-refractivity contribution in [2.24, 2.45) is 0 Å². The minimum atomic E-state index is -0.985. The first-order valence-electron chi connectivity index (χ1n) is 7.67. The van der Waals surface area contributed by atoms with Crippen LogP contribution in [-0.2, 0) is 14.3 Å². The maximum absolute atomic E-state index is 12.7. The van der Waals surface area contributed by atoms with Gasteiger partial charge in [-0.2, -0.15) is 0 Å². The number of hydrogen-bond acceptors (Lipinski definition) is 5. The fraction of sp³-hybridized carbons (Fsp3) is 0.667. The summed E-state index contributed by atoms with van der Waals surface area (Å²) in [6.07, 6.45) is 2.38. The van der Waals surface area contributed by atoms with E-state index in [4.69, 9.17) is 9.84 Å². The second kappa shape index (κ2) is 6.34. The van der Waals surface area contributed by atoms with E-state index in [0.717, 1.165) is 30.0 Å². The summed E-state index contributed by atoms with van der Waals surface area (Å²) in [6, 6.07) is 0.00688. The van der Waals surface area contributed by atoms with Crippen LogP contribution in [0, 0.1) is 6.92 Å². The van der Waals surface area contributed by atoms with Gasteiger partial charge in [0.2, 0.25) is 0 Å². The number of hydrogen-bond donors (Lipinski definition) is 1. The Morgan fingerprint density at radius 2 is 2.09 bits per heavy atom. The van der Waals surface area contributed by atoms with E-state index in [2.05, 4.69) is 4.98 Å². The average molecular weight is 324 g/mol. The van der Waals surface area contributed by atoms with E-state index in [0.29, 0.717) is 19.4 Å². The highest BCUT2D eigenvalue weighted by Gasteiger charge is 2.40. The summed E-state index contributed by atoms with van der Waals surface area (Å²) in [5.41, 5.74) is 0.973. The Bertz CT molecular complexity index is 574. The van der Waals surface area contributed by atoms with Gasteiger partial charge in [-0.3, -0.25) is 4.79 Å². The van der Waals surface area contributed by atoms with Crippen LogP contribution < -0.4 is 0 Å². The Kier molecular flexibility index (Phi) is 4.44. The molecule has 120 valence electrons. The quantitative estimate of drug-likeness (QED) is 0.921. The van der Waals surface area contributed by atoms with Gasteiger partial charge in [0.05, 0.1) is 6.04 Å². The molecule has 2 saturated heterocycles. The van der Waals surface area contributed by atoms with Crippen LogP contribution in [0.5, 0.6) is 0 Å². The smallest absolute Gasteiger partial charge is 0.332 e. The molecule has 0 aliphatic carbocycles. The molecule has 1 unspecified atom stereocenters. The van der Waals surface area contributed by atoms with Crippen molar-refractivity contribution in [3.05, 3.63) is 16.1 Å². The standard InChI is InChI=1S/C15H20N2O4S/c1-9-8-22-13(16-9)10-4-2-3-7-17(10)14(18)11-5-6-12(21-11)15(19)20/h8,10-12H,2-7H2,1H3,(H,19,20)/t10?,11-,12+/m0/s1. The van der Waals surface area contributed by atoms with Crippen molar-refractivity contribution in [3.63, 3.8) is 0 Å². The zero-order chi connectivity index (χ0) is 15.7. The molecule has 3 rings (SSSR count). The number of carbonyl (C=O) groups is 2. The molecule has 1 N–H and O–H groups in total. The minimum absolute atomic E-state index is 0.00688. The number of aryl methyl sites for hydroxylation is 1. The van der Waals surface area contributed by atoms with Gasteiger partial charge < -0.3 is 14.7 Å². The highest BCUT2D eigenvalue weighted by Crippen LogP contribution is 2.34. The van der Waals surface area contributed by atoms with Crippen molar-refractivity contribution in [2.45, 2.75) is 57.3 Å². The van der Waals surface area contributed by atoms with E-state index in [1.165, 1.54) is 0 Å². The number of aromatic nitrogens is 1. The van der Waals surface area contributed by atoms with E-state index < -0.39 is 18.2 Å². The molecule has 0 aromatic carbocycles. The molecule has 2 aliphatic rings. The van der Waals surface area contributed by atoms with Gasteiger partial charge in [0.1, 0.15) is 11.1 Å². The predicted octanol–water partition coefficient (Wildman–Crippen LogP) is 2.14. The van der Waals surface area contributed by atoms with Gasteiger partial charge in [0.25, 0.3) is 5.91 Å². The lowest BCUT2D eigenvalue weighted by Crippen LogP contribution is -2.44. The normalized spacial score (nSPS) is 28.8. The van der Waals surface area contributed by atoms with E-state index in [9.17, 15) is 9.59 Å². The zero-order valence-electron chi connectivity index (χ0n) is 12.5. The topological polar surface area (TPSA) is 79.7 Å². The number of ether oxygens (including phenoxy) is 1. The number of rotatable bonds is 3. The van der Waals surface area contributed by atoms with Gasteiger partial charge in [0.15, 0.2) is 6.10 Å². The molecule has 22 heavy (non-hydrogen) atoms. The van der Waals surface area contributed by atoms with E-state index in [-0.39, 0.29) is 11.9 Å². The number of carboxylic acid groups (broad SMARTS) is 1. The monoisotopic (exact) mass is 324 g/mol. The lowest BCUT2D eigenvalue weighted by atomic mass is 10.0. The van der Waals surface area contributed by atoms with Crippen LogP contribution >= 0.6 is 11.3 Å². The SMILES string of the molecule is Cc1csc(C2CCCCN2C(=O)[C@@H]2CC[C@H](C(=O)O)O2)n1. The molecule has 1 amide bonds. The summed E-state index contributed by atoms with van der Waals surface area (Å²) in [7, 11) is 0. The lowest BCUT2D eigenvalue weighted by molar-refractivity contribution is -0.156. The molecule has 3 heterocycles. The fourth-order valence-electron chi connectivity index (χ4n) is 3.16. The minimum Gasteiger partial charge on any atom is -0.479 e. The first kappa shape index (κ1) is 15.4. The summed E-state index contributed by atoms with van der Waals surface area (Å²) >= 11 is 1.59. The van der Waals surface area contributed by atoms with Crippen LogP contribution in [0.1, 0.15) is 48.8 Å². The number of carbonyl (C=O) groups excluding carboxylic acids is 1. The number of aliphatic carboxylic acids is 1. The molecule has 1 aromatic rings. The highest BCUT2D eigenvalue weighted by atomic mass is 32.1. The number of amides is 1. The third-order valence-electron chi connectivity index (χ3n) is 4.28. The van der Waals surface area contributed by atoms with Crippen LogP contribution in [-0.4, -0.2) is 45.6 Å². The number of piperidine rings is 1. The molecular weight excluding hydrogens is 304 g/mol. The van der Waals surface area contributed by atoms with E-state index in [1.807, 2.05) is 17.2 Å². The van der Waals surface area contributed by atoms with Crippen LogP contribution in [0.2, 0.25) is 0 Å². The van der Waals surface area contributed by atoms with Crippen molar-refractivity contribution in [1.29, 1.82) is 0 Å². The predicted molar refractivity (Wildman–Crippen MR) is 80.7 cm³/mol. The highest BCUT2D eigenvalue weighted by molar-refractivity contribution is 7.09. The number of thiazole rings is 1. The second-order valence-electron chi connectivity index (χ2n) is 5.90.